The Labute approximate surface area is 351 Å². The second kappa shape index (κ2) is 30.8. The zero-order valence-corrected chi connectivity index (χ0v) is 34.0. The number of hydrogen-bond donors (Lipinski definition) is 2. The standard InChI is InChI=1S/C17H15FO5.C9H11FO2.C9H8O3.C6H5FO.C3H7ClO/c1-2-22-10-23-14-5-3-4-13(18)15(14)16(19)11-6-8-12(9-7-11)17(20)21;1-2-11-7-12-9-5-3-4-8(10)6-9;1-12-9(11)8-4-2-7(6-10)3-5-8;7-5-2-1-3-6(8)4-5;1-2-5-3-4/h3-9H,2,10H2,1H3,(H,20,21);3-6H,2,7H2,1H3;2-6H,1H3;1-4,8H;2-3H2,1H3. The van der Waals surface area contributed by atoms with E-state index in [1.165, 1.54) is 73.8 Å². The van der Waals surface area contributed by atoms with Crippen LogP contribution in [0.5, 0.6) is 17.2 Å². The van der Waals surface area contributed by atoms with Crippen LogP contribution < -0.4 is 9.47 Å². The van der Waals surface area contributed by atoms with E-state index in [0.717, 1.165) is 18.4 Å². The summed E-state index contributed by atoms with van der Waals surface area (Å²) in [6, 6.07) is 27.0. The lowest BCUT2D eigenvalue weighted by atomic mass is 10.0. The van der Waals surface area contributed by atoms with E-state index in [4.69, 9.17) is 40.8 Å². The summed E-state index contributed by atoms with van der Waals surface area (Å²) in [6.45, 7) is 7.36. The van der Waals surface area contributed by atoms with Gasteiger partial charge in [0.2, 0.25) is 0 Å². The summed E-state index contributed by atoms with van der Waals surface area (Å²) in [7, 11) is 1.32. The van der Waals surface area contributed by atoms with Crippen LogP contribution in [0.25, 0.3) is 0 Å². The summed E-state index contributed by atoms with van der Waals surface area (Å²) in [5, 5.41) is 17.4. The maximum absolute atomic E-state index is 14.1. The van der Waals surface area contributed by atoms with E-state index in [9.17, 15) is 32.3 Å². The monoisotopic (exact) mass is 858 g/mol. The lowest BCUT2D eigenvalue weighted by Crippen LogP contribution is -2.10. The summed E-state index contributed by atoms with van der Waals surface area (Å²) in [4.78, 5) is 44.5. The number of alkyl halides is 1. The average molecular weight is 859 g/mol. The number of hydrogen-bond acceptors (Lipinski definition) is 11. The van der Waals surface area contributed by atoms with E-state index >= 15 is 0 Å². The molecule has 0 aromatic heterocycles. The quantitative estimate of drug-likeness (QED) is 0.0256. The van der Waals surface area contributed by atoms with Gasteiger partial charge in [-0.2, -0.15) is 0 Å². The Morgan fingerprint density at radius 1 is 0.667 bits per heavy atom. The number of methoxy groups -OCH3 is 1. The van der Waals surface area contributed by atoms with E-state index in [1.54, 1.807) is 43.3 Å². The molecule has 5 aromatic rings. The number of aromatic carboxylic acids is 1. The second-order valence-corrected chi connectivity index (χ2v) is 11.3. The number of carbonyl (C=O) groups is 4. The minimum absolute atomic E-state index is 0.0370. The Morgan fingerprint density at radius 2 is 1.20 bits per heavy atom. The lowest BCUT2D eigenvalue weighted by Gasteiger charge is -2.11. The van der Waals surface area contributed by atoms with Crippen molar-refractivity contribution < 1.29 is 71.0 Å². The highest BCUT2D eigenvalue weighted by Crippen LogP contribution is 2.25. The summed E-state index contributed by atoms with van der Waals surface area (Å²) < 4.78 is 68.0. The molecule has 0 saturated carbocycles. The van der Waals surface area contributed by atoms with E-state index in [-0.39, 0.29) is 47.6 Å². The van der Waals surface area contributed by atoms with Crippen molar-refractivity contribution in [2.24, 2.45) is 0 Å². The molecule has 0 unspecified atom stereocenters. The molecule has 0 saturated heterocycles. The van der Waals surface area contributed by atoms with Gasteiger partial charge in [-0.3, -0.25) is 9.59 Å². The minimum Gasteiger partial charge on any atom is -0.508 e. The molecule has 0 spiro atoms. The number of ether oxygens (including phenoxy) is 6. The fourth-order valence-corrected chi connectivity index (χ4v) is 4.22. The van der Waals surface area contributed by atoms with Gasteiger partial charge in [0, 0.05) is 43.1 Å². The highest BCUT2D eigenvalue weighted by atomic mass is 35.5. The third-order valence-electron chi connectivity index (χ3n) is 6.96. The number of ketones is 1. The van der Waals surface area contributed by atoms with Gasteiger partial charge in [-0.05, 0) is 81.4 Å². The lowest BCUT2D eigenvalue weighted by molar-refractivity contribution is 0.0216. The topological polar surface area (TPSA) is 164 Å². The van der Waals surface area contributed by atoms with Gasteiger partial charge >= 0.3 is 11.9 Å². The van der Waals surface area contributed by atoms with Crippen LogP contribution in [0.15, 0.2) is 115 Å². The van der Waals surface area contributed by atoms with Crippen molar-refractivity contribution in [3.05, 3.63) is 161 Å². The number of rotatable bonds is 15. The number of halogens is 4. The maximum Gasteiger partial charge on any atom is 0.337 e. The van der Waals surface area contributed by atoms with Gasteiger partial charge in [0.25, 0.3) is 0 Å². The molecule has 0 heterocycles. The van der Waals surface area contributed by atoms with Crippen LogP contribution >= 0.6 is 11.6 Å². The fourth-order valence-electron chi connectivity index (χ4n) is 4.06. The Bertz CT molecular complexity index is 1990. The molecule has 0 radical (unpaired) electrons. The van der Waals surface area contributed by atoms with Crippen molar-refractivity contribution in [3.8, 4) is 17.2 Å². The number of phenols is 1. The Kier molecular flexibility index (Phi) is 26.5. The van der Waals surface area contributed by atoms with Gasteiger partial charge in [0.15, 0.2) is 19.4 Å². The largest absolute Gasteiger partial charge is 0.508 e. The predicted molar refractivity (Wildman–Crippen MR) is 217 cm³/mol. The molecule has 16 heteroatoms. The fraction of sp³-hybridized carbons (Fsp3) is 0.227. The number of carbonyl (C=O) groups excluding carboxylic acids is 3. The van der Waals surface area contributed by atoms with Gasteiger partial charge in [-0.25, -0.2) is 22.8 Å². The van der Waals surface area contributed by atoms with Crippen molar-refractivity contribution in [2.75, 3.05) is 46.6 Å². The van der Waals surface area contributed by atoms with Gasteiger partial charge in [0.05, 0.1) is 18.2 Å². The number of benzene rings is 5. The smallest absolute Gasteiger partial charge is 0.337 e. The van der Waals surface area contributed by atoms with Crippen LogP contribution in [-0.2, 0) is 18.9 Å². The third kappa shape index (κ3) is 20.9. The molecule has 5 aromatic carbocycles. The first-order valence-corrected chi connectivity index (χ1v) is 18.4. The number of phenolic OH excluding ortho intramolecular Hbond substituents is 1. The van der Waals surface area contributed by atoms with Crippen molar-refractivity contribution in [1.29, 1.82) is 0 Å². The summed E-state index contributed by atoms with van der Waals surface area (Å²) in [5.41, 5.74) is 0.991. The Hall–Kier alpha value is -6.26. The Morgan fingerprint density at radius 3 is 1.67 bits per heavy atom. The molecule has 12 nitrogen and oxygen atoms in total. The molecular weight excluding hydrogens is 813 g/mol. The zero-order chi connectivity index (χ0) is 44.7. The van der Waals surface area contributed by atoms with E-state index in [2.05, 4.69) is 9.47 Å². The average Bonchev–Trinajstić information content (AvgIpc) is 3.25. The molecule has 0 fully saturated rings. The summed E-state index contributed by atoms with van der Waals surface area (Å²) >= 11 is 5.08. The molecule has 0 bridgehead atoms. The number of carboxylic acids is 1. The maximum atomic E-state index is 14.1. The van der Waals surface area contributed by atoms with Gasteiger partial charge in [-0.1, -0.05) is 54.1 Å². The number of carboxylic acid groups (broad SMARTS) is 1. The molecule has 2 N–H and O–H groups in total. The van der Waals surface area contributed by atoms with Crippen molar-refractivity contribution in [2.45, 2.75) is 20.8 Å². The van der Waals surface area contributed by atoms with Gasteiger partial charge in [-0.15, -0.1) is 0 Å². The number of aldehydes is 1. The molecule has 322 valence electrons. The molecule has 0 aliphatic carbocycles. The number of aromatic hydroxyl groups is 1. The SMILES string of the molecule is CCOCCl.CCOCOc1cccc(F)c1.CCOCOc1cccc(F)c1C(=O)c1ccc(C(=O)O)cc1.COC(=O)c1ccc(C=O)cc1.Oc1cccc(F)c1. The third-order valence-corrected chi connectivity index (χ3v) is 7.12. The van der Waals surface area contributed by atoms with E-state index in [1.807, 2.05) is 13.8 Å². The number of esters is 1. The first kappa shape index (κ1) is 51.8. The van der Waals surface area contributed by atoms with Gasteiger partial charge in [0.1, 0.15) is 52.6 Å². The van der Waals surface area contributed by atoms with Crippen LogP contribution in [0, 0.1) is 17.5 Å². The molecule has 0 atom stereocenters. The molecular formula is C44H46ClF3O12. The van der Waals surface area contributed by atoms with Crippen molar-refractivity contribution in [3.63, 3.8) is 0 Å². The Balaban J connectivity index is 0.000000413. The molecule has 0 amide bonds. The summed E-state index contributed by atoms with van der Waals surface area (Å²) in [5.74, 6) is -2.99. The van der Waals surface area contributed by atoms with Crippen LogP contribution in [0.4, 0.5) is 13.2 Å². The molecule has 0 aliphatic rings. The normalized spacial score (nSPS) is 9.67. The first-order valence-electron chi connectivity index (χ1n) is 17.9. The minimum atomic E-state index is -1.10. The summed E-state index contributed by atoms with van der Waals surface area (Å²) in [6.07, 6.45) is 0.723. The van der Waals surface area contributed by atoms with Crippen molar-refractivity contribution >= 4 is 35.6 Å². The van der Waals surface area contributed by atoms with Crippen LogP contribution in [-0.4, -0.2) is 80.8 Å². The second-order valence-electron chi connectivity index (χ2n) is 11.1. The van der Waals surface area contributed by atoms with Crippen LogP contribution in [0.2, 0.25) is 0 Å². The molecule has 60 heavy (non-hydrogen) atoms. The first-order chi connectivity index (χ1) is 28.8. The molecule has 5 rings (SSSR count). The van der Waals surface area contributed by atoms with Gasteiger partial charge < -0.3 is 38.6 Å². The van der Waals surface area contributed by atoms with Crippen LogP contribution in [0.1, 0.15) is 67.8 Å². The highest BCUT2D eigenvalue weighted by molar-refractivity contribution is 6.17. The van der Waals surface area contributed by atoms with E-state index < -0.39 is 29.4 Å². The van der Waals surface area contributed by atoms with E-state index in [0.29, 0.717) is 42.8 Å². The molecule has 0 aliphatic heterocycles. The highest BCUT2D eigenvalue weighted by Gasteiger charge is 2.20. The zero-order valence-electron chi connectivity index (χ0n) is 33.3. The van der Waals surface area contributed by atoms with Crippen LogP contribution in [0.3, 0.4) is 0 Å². The predicted octanol–water partition coefficient (Wildman–Crippen LogP) is 9.36. The van der Waals surface area contributed by atoms with Crippen molar-refractivity contribution in [1.82, 2.24) is 0 Å².